The van der Waals surface area contributed by atoms with Gasteiger partial charge in [0.25, 0.3) is 0 Å². The topological polar surface area (TPSA) is 69.6 Å². The molecule has 0 saturated heterocycles. The number of aromatic nitrogens is 4. The Morgan fingerprint density at radius 2 is 2.07 bits per heavy atom. The van der Waals surface area contributed by atoms with Gasteiger partial charge in [-0.3, -0.25) is 0 Å². The number of hydrogen-bond acceptors (Lipinski definition) is 4. The molecule has 1 fully saturated rings. The highest BCUT2D eigenvalue weighted by molar-refractivity contribution is 4.96. The van der Waals surface area contributed by atoms with Crippen molar-refractivity contribution >= 4 is 0 Å². The number of hydrogen-bond donors (Lipinski definition) is 1. The summed E-state index contributed by atoms with van der Waals surface area (Å²) in [5, 5.41) is 12.0. The quantitative estimate of drug-likeness (QED) is 0.742. The predicted octanol–water partition coefficient (Wildman–Crippen LogP) is 0.414. The van der Waals surface area contributed by atoms with Gasteiger partial charge in [0.05, 0.1) is 7.05 Å². The maximum Gasteiger partial charge on any atom is 0.176 e. The van der Waals surface area contributed by atoms with Gasteiger partial charge in [-0.15, -0.1) is 10.2 Å². The summed E-state index contributed by atoms with van der Waals surface area (Å²) < 4.78 is 0. The van der Waals surface area contributed by atoms with Crippen LogP contribution in [0.5, 0.6) is 0 Å². The van der Waals surface area contributed by atoms with E-state index in [9.17, 15) is 0 Å². The highest BCUT2D eigenvalue weighted by Gasteiger charge is 2.29. The van der Waals surface area contributed by atoms with Crippen LogP contribution in [0.4, 0.5) is 0 Å². The van der Waals surface area contributed by atoms with Crippen molar-refractivity contribution in [1.82, 2.24) is 20.2 Å². The molecule has 5 nitrogen and oxygen atoms in total. The second-order valence-electron chi connectivity index (χ2n) is 4.29. The van der Waals surface area contributed by atoms with Gasteiger partial charge in [-0.25, -0.2) is 0 Å². The third-order valence-electron chi connectivity index (χ3n) is 2.91. The lowest BCUT2D eigenvalue weighted by molar-refractivity contribution is 0.289. The summed E-state index contributed by atoms with van der Waals surface area (Å²) in [4.78, 5) is 1.49. The molecular formula is C9H17N5. The third kappa shape index (κ3) is 2.09. The number of tetrazole rings is 1. The van der Waals surface area contributed by atoms with Gasteiger partial charge in [-0.05, 0) is 18.1 Å². The van der Waals surface area contributed by atoms with E-state index in [1.165, 1.54) is 24.1 Å². The second kappa shape index (κ2) is 3.65. The van der Waals surface area contributed by atoms with Crippen LogP contribution in [0.3, 0.4) is 0 Å². The average molecular weight is 195 g/mol. The molecule has 0 amide bonds. The Morgan fingerprint density at radius 1 is 1.36 bits per heavy atom. The summed E-state index contributed by atoms with van der Waals surface area (Å²) in [6, 6.07) is 0. The first-order chi connectivity index (χ1) is 6.68. The van der Waals surface area contributed by atoms with Crippen LogP contribution in [0, 0.1) is 0 Å². The molecule has 0 spiro atoms. The summed E-state index contributed by atoms with van der Waals surface area (Å²) in [6.45, 7) is 0. The van der Waals surface area contributed by atoms with Gasteiger partial charge in [0, 0.05) is 12.0 Å². The zero-order valence-corrected chi connectivity index (χ0v) is 8.61. The van der Waals surface area contributed by atoms with Gasteiger partial charge < -0.3 is 5.73 Å². The monoisotopic (exact) mass is 195 g/mol. The van der Waals surface area contributed by atoms with E-state index in [1.54, 1.807) is 7.05 Å². The molecular weight excluding hydrogens is 178 g/mol. The SMILES string of the molecule is Cn1nnc(CC2(N)CCCCC2)n1. The van der Waals surface area contributed by atoms with E-state index in [0.717, 1.165) is 25.1 Å². The summed E-state index contributed by atoms with van der Waals surface area (Å²) in [6.07, 6.45) is 6.72. The Balaban J connectivity index is 2.01. The van der Waals surface area contributed by atoms with E-state index in [2.05, 4.69) is 15.4 Å². The molecule has 0 aromatic carbocycles. The molecule has 0 atom stereocenters. The van der Waals surface area contributed by atoms with E-state index < -0.39 is 0 Å². The normalized spacial score (nSPS) is 21.0. The van der Waals surface area contributed by atoms with Crippen molar-refractivity contribution in [1.29, 1.82) is 0 Å². The first-order valence-electron chi connectivity index (χ1n) is 5.20. The summed E-state index contributed by atoms with van der Waals surface area (Å²) in [5.41, 5.74) is 6.20. The van der Waals surface area contributed by atoms with E-state index in [-0.39, 0.29) is 5.54 Å². The van der Waals surface area contributed by atoms with Crippen LogP contribution in [0.25, 0.3) is 0 Å². The first-order valence-corrected chi connectivity index (χ1v) is 5.20. The fourth-order valence-corrected chi connectivity index (χ4v) is 2.14. The maximum atomic E-state index is 6.28. The van der Waals surface area contributed by atoms with Crippen LogP contribution in [-0.4, -0.2) is 25.7 Å². The minimum atomic E-state index is -0.0821. The first kappa shape index (κ1) is 9.58. The van der Waals surface area contributed by atoms with E-state index in [4.69, 9.17) is 5.73 Å². The standard InChI is InChI=1S/C9H17N5/c1-14-12-8(11-13-14)7-9(10)5-3-2-4-6-9/h2-7,10H2,1H3. The fourth-order valence-electron chi connectivity index (χ4n) is 2.14. The number of nitrogens with zero attached hydrogens (tertiary/aromatic N) is 4. The Bertz CT molecular complexity index is 300. The number of aryl methyl sites for hydroxylation is 1. The van der Waals surface area contributed by atoms with Gasteiger partial charge in [0.1, 0.15) is 0 Å². The fraction of sp³-hybridized carbons (Fsp3) is 0.889. The van der Waals surface area contributed by atoms with Crippen LogP contribution in [0.15, 0.2) is 0 Å². The highest BCUT2D eigenvalue weighted by Crippen LogP contribution is 2.27. The lowest BCUT2D eigenvalue weighted by Gasteiger charge is -2.32. The van der Waals surface area contributed by atoms with E-state index >= 15 is 0 Å². The largest absolute Gasteiger partial charge is 0.325 e. The average Bonchev–Trinajstić information content (AvgIpc) is 2.51. The smallest absolute Gasteiger partial charge is 0.176 e. The third-order valence-corrected chi connectivity index (χ3v) is 2.91. The van der Waals surface area contributed by atoms with Crippen molar-refractivity contribution in [2.75, 3.05) is 0 Å². The summed E-state index contributed by atoms with van der Waals surface area (Å²) in [7, 11) is 1.78. The van der Waals surface area contributed by atoms with E-state index in [0.29, 0.717) is 0 Å². The minimum Gasteiger partial charge on any atom is -0.325 e. The Hall–Kier alpha value is -0.970. The van der Waals surface area contributed by atoms with Crippen molar-refractivity contribution in [3.8, 4) is 0 Å². The summed E-state index contributed by atoms with van der Waals surface area (Å²) in [5.74, 6) is 0.775. The van der Waals surface area contributed by atoms with Gasteiger partial charge in [-0.1, -0.05) is 19.3 Å². The van der Waals surface area contributed by atoms with Gasteiger partial charge in [0.15, 0.2) is 5.82 Å². The molecule has 78 valence electrons. The minimum absolute atomic E-state index is 0.0821. The second-order valence-corrected chi connectivity index (χ2v) is 4.29. The van der Waals surface area contributed by atoms with Crippen molar-refractivity contribution in [2.24, 2.45) is 12.8 Å². The Morgan fingerprint density at radius 3 is 2.64 bits per heavy atom. The molecule has 14 heavy (non-hydrogen) atoms. The Labute approximate surface area is 83.7 Å². The molecule has 5 heteroatoms. The lowest BCUT2D eigenvalue weighted by Crippen LogP contribution is -2.44. The lowest BCUT2D eigenvalue weighted by atomic mass is 9.80. The van der Waals surface area contributed by atoms with Crippen LogP contribution in [0.2, 0.25) is 0 Å². The zero-order valence-electron chi connectivity index (χ0n) is 8.61. The molecule has 0 radical (unpaired) electrons. The highest BCUT2D eigenvalue weighted by atomic mass is 15.6. The van der Waals surface area contributed by atoms with Crippen LogP contribution < -0.4 is 5.73 Å². The molecule has 0 aliphatic heterocycles. The van der Waals surface area contributed by atoms with Crippen LogP contribution >= 0.6 is 0 Å². The predicted molar refractivity (Wildman–Crippen MR) is 52.5 cm³/mol. The van der Waals surface area contributed by atoms with Crippen molar-refractivity contribution in [2.45, 2.75) is 44.1 Å². The van der Waals surface area contributed by atoms with Crippen molar-refractivity contribution in [3.05, 3.63) is 5.82 Å². The van der Waals surface area contributed by atoms with Crippen molar-refractivity contribution < 1.29 is 0 Å². The molecule has 1 saturated carbocycles. The van der Waals surface area contributed by atoms with Gasteiger partial charge >= 0.3 is 0 Å². The van der Waals surface area contributed by atoms with E-state index in [1.807, 2.05) is 0 Å². The molecule has 2 N–H and O–H groups in total. The number of rotatable bonds is 2. The maximum absolute atomic E-state index is 6.28. The molecule has 2 rings (SSSR count). The number of nitrogens with two attached hydrogens (primary N) is 1. The van der Waals surface area contributed by atoms with Crippen LogP contribution in [0.1, 0.15) is 37.9 Å². The molecule has 1 heterocycles. The van der Waals surface area contributed by atoms with Gasteiger partial charge in [-0.2, -0.15) is 4.80 Å². The molecule has 1 aliphatic rings. The molecule has 1 aromatic rings. The molecule has 0 bridgehead atoms. The molecule has 1 aromatic heterocycles. The Kier molecular flexibility index (Phi) is 2.50. The molecule has 1 aliphatic carbocycles. The summed E-state index contributed by atoms with van der Waals surface area (Å²) >= 11 is 0. The molecule has 0 unspecified atom stereocenters. The van der Waals surface area contributed by atoms with Crippen molar-refractivity contribution in [3.63, 3.8) is 0 Å². The zero-order chi connectivity index (χ0) is 10.0. The van der Waals surface area contributed by atoms with Crippen LogP contribution in [-0.2, 0) is 13.5 Å². The van der Waals surface area contributed by atoms with Gasteiger partial charge in [0.2, 0.25) is 0 Å².